The molecule has 0 radical (unpaired) electrons. The average Bonchev–Trinajstić information content (AvgIpc) is 2.38. The first-order valence-corrected chi connectivity index (χ1v) is 8.66. The summed E-state index contributed by atoms with van der Waals surface area (Å²) in [5, 5.41) is 3.31. The van der Waals surface area contributed by atoms with Gasteiger partial charge in [0.05, 0.1) is 5.75 Å². The molecule has 0 heterocycles. The molecule has 1 amide bonds. The van der Waals surface area contributed by atoms with Gasteiger partial charge in [-0.15, -0.1) is 0 Å². The van der Waals surface area contributed by atoms with Crippen LogP contribution in [0.2, 0.25) is 0 Å². The number of hydrogen-bond acceptors (Lipinski definition) is 3. The predicted octanol–water partition coefficient (Wildman–Crippen LogP) is 1.25. The Morgan fingerprint density at radius 1 is 1.26 bits per heavy atom. The lowest BCUT2D eigenvalue weighted by molar-refractivity contribution is 0.0956. The Bertz CT molecular complexity index is 514. The SMILES string of the molecule is CCNS(=O)(=O)CCNC(=O)c1ccc(CBr)cc1. The topological polar surface area (TPSA) is 75.3 Å². The maximum absolute atomic E-state index is 11.7. The van der Waals surface area contributed by atoms with Gasteiger partial charge in [0.2, 0.25) is 10.0 Å². The molecule has 0 unspecified atom stereocenters. The van der Waals surface area contributed by atoms with Gasteiger partial charge in [-0.3, -0.25) is 4.79 Å². The molecular weight excluding hydrogens is 332 g/mol. The van der Waals surface area contributed by atoms with E-state index in [0.29, 0.717) is 12.1 Å². The fourth-order valence-corrected chi connectivity index (χ4v) is 2.77. The molecule has 0 aliphatic heterocycles. The van der Waals surface area contributed by atoms with Crippen LogP contribution >= 0.6 is 15.9 Å². The molecule has 1 rings (SSSR count). The van der Waals surface area contributed by atoms with E-state index in [-0.39, 0.29) is 18.2 Å². The molecule has 0 spiro atoms. The van der Waals surface area contributed by atoms with Gasteiger partial charge in [-0.2, -0.15) is 0 Å². The second-order valence-electron chi connectivity index (χ2n) is 3.90. The highest BCUT2D eigenvalue weighted by atomic mass is 79.9. The lowest BCUT2D eigenvalue weighted by Crippen LogP contribution is -2.34. The summed E-state index contributed by atoms with van der Waals surface area (Å²) in [7, 11) is -3.29. The van der Waals surface area contributed by atoms with Crippen molar-refractivity contribution >= 4 is 31.9 Å². The molecule has 19 heavy (non-hydrogen) atoms. The largest absolute Gasteiger partial charge is 0.351 e. The molecule has 0 bridgehead atoms. The minimum absolute atomic E-state index is 0.0916. The van der Waals surface area contributed by atoms with E-state index in [9.17, 15) is 13.2 Å². The van der Waals surface area contributed by atoms with Crippen LogP contribution in [0.5, 0.6) is 0 Å². The minimum atomic E-state index is -3.29. The van der Waals surface area contributed by atoms with Crippen molar-refractivity contribution < 1.29 is 13.2 Å². The fraction of sp³-hybridized carbons (Fsp3) is 0.417. The van der Waals surface area contributed by atoms with Crippen LogP contribution < -0.4 is 10.0 Å². The van der Waals surface area contributed by atoms with Crippen molar-refractivity contribution in [3.63, 3.8) is 0 Å². The molecule has 0 aromatic heterocycles. The second-order valence-corrected chi connectivity index (χ2v) is 6.39. The predicted molar refractivity (Wildman–Crippen MR) is 78.9 cm³/mol. The maximum Gasteiger partial charge on any atom is 0.251 e. The van der Waals surface area contributed by atoms with Crippen LogP contribution in [0.4, 0.5) is 0 Å². The zero-order chi connectivity index (χ0) is 14.3. The van der Waals surface area contributed by atoms with Crippen LogP contribution in [0, 0.1) is 0 Å². The lowest BCUT2D eigenvalue weighted by atomic mass is 10.1. The standard InChI is InChI=1S/C12H17BrN2O3S/c1-2-15-19(17,18)8-7-14-12(16)11-5-3-10(9-13)4-6-11/h3-6,15H,2,7-9H2,1H3,(H,14,16). The third-order valence-electron chi connectivity index (χ3n) is 2.39. The Kier molecular flexibility index (Phi) is 6.47. The third kappa shape index (κ3) is 5.71. The number of rotatable bonds is 7. The number of carbonyl (C=O) groups excluding carboxylic acids is 1. The van der Waals surface area contributed by atoms with Crippen molar-refractivity contribution in [2.45, 2.75) is 12.3 Å². The first-order valence-electron chi connectivity index (χ1n) is 5.89. The Morgan fingerprint density at radius 3 is 2.42 bits per heavy atom. The third-order valence-corrected chi connectivity index (χ3v) is 4.51. The van der Waals surface area contributed by atoms with Gasteiger partial charge in [0.15, 0.2) is 0 Å². The molecule has 5 nitrogen and oxygen atoms in total. The highest BCUT2D eigenvalue weighted by molar-refractivity contribution is 9.08. The monoisotopic (exact) mass is 348 g/mol. The summed E-state index contributed by atoms with van der Waals surface area (Å²) in [4.78, 5) is 11.7. The summed E-state index contributed by atoms with van der Waals surface area (Å²) >= 11 is 3.32. The molecule has 0 aliphatic rings. The summed E-state index contributed by atoms with van der Waals surface area (Å²) < 4.78 is 25.1. The molecule has 1 aromatic rings. The summed E-state index contributed by atoms with van der Waals surface area (Å²) in [5.41, 5.74) is 1.59. The van der Waals surface area contributed by atoms with Crippen LogP contribution in [-0.4, -0.2) is 33.2 Å². The van der Waals surface area contributed by atoms with Crippen molar-refractivity contribution in [2.75, 3.05) is 18.8 Å². The molecule has 0 atom stereocenters. The van der Waals surface area contributed by atoms with Crippen molar-refractivity contribution in [1.82, 2.24) is 10.0 Å². The number of nitrogens with one attached hydrogen (secondary N) is 2. The number of carbonyl (C=O) groups is 1. The van der Waals surface area contributed by atoms with Gasteiger partial charge in [0.1, 0.15) is 0 Å². The number of sulfonamides is 1. The Labute approximate surface area is 122 Å². The molecule has 0 aliphatic carbocycles. The van der Waals surface area contributed by atoms with Crippen LogP contribution in [0.1, 0.15) is 22.8 Å². The molecule has 1 aromatic carbocycles. The second kappa shape index (κ2) is 7.62. The average molecular weight is 349 g/mol. The van der Waals surface area contributed by atoms with E-state index in [4.69, 9.17) is 0 Å². The minimum Gasteiger partial charge on any atom is -0.351 e. The van der Waals surface area contributed by atoms with Gasteiger partial charge >= 0.3 is 0 Å². The number of hydrogen-bond donors (Lipinski definition) is 2. The Morgan fingerprint density at radius 2 is 1.89 bits per heavy atom. The molecule has 106 valence electrons. The molecule has 0 fully saturated rings. The van der Waals surface area contributed by atoms with E-state index in [1.165, 1.54) is 0 Å². The Balaban J connectivity index is 2.47. The van der Waals surface area contributed by atoms with E-state index in [2.05, 4.69) is 26.0 Å². The highest BCUT2D eigenvalue weighted by Gasteiger charge is 2.10. The quantitative estimate of drug-likeness (QED) is 0.728. The van der Waals surface area contributed by atoms with Gasteiger partial charge in [0.25, 0.3) is 5.91 Å². The zero-order valence-electron chi connectivity index (χ0n) is 10.6. The number of amides is 1. The smallest absolute Gasteiger partial charge is 0.251 e. The van der Waals surface area contributed by atoms with Crippen LogP contribution in [0.15, 0.2) is 24.3 Å². The Hall–Kier alpha value is -0.920. The zero-order valence-corrected chi connectivity index (χ0v) is 13.1. The van der Waals surface area contributed by atoms with Crippen LogP contribution in [0.25, 0.3) is 0 Å². The summed E-state index contributed by atoms with van der Waals surface area (Å²) in [6.45, 7) is 2.15. The fourth-order valence-electron chi connectivity index (χ4n) is 1.44. The van der Waals surface area contributed by atoms with E-state index in [1.807, 2.05) is 12.1 Å². The van der Waals surface area contributed by atoms with Gasteiger partial charge < -0.3 is 5.32 Å². The number of benzene rings is 1. The molecule has 2 N–H and O–H groups in total. The van der Waals surface area contributed by atoms with E-state index >= 15 is 0 Å². The summed E-state index contributed by atoms with van der Waals surface area (Å²) in [6, 6.07) is 7.12. The lowest BCUT2D eigenvalue weighted by Gasteiger charge is -2.07. The maximum atomic E-state index is 11.7. The first-order chi connectivity index (χ1) is 8.98. The molecule has 0 saturated carbocycles. The van der Waals surface area contributed by atoms with Crippen molar-refractivity contribution in [2.24, 2.45) is 0 Å². The van der Waals surface area contributed by atoms with E-state index in [1.54, 1.807) is 19.1 Å². The van der Waals surface area contributed by atoms with Gasteiger partial charge in [0, 0.05) is 24.0 Å². The summed E-state index contributed by atoms with van der Waals surface area (Å²) in [6.07, 6.45) is 0. The first kappa shape index (κ1) is 16.1. The molecular formula is C12H17BrN2O3S. The van der Waals surface area contributed by atoms with Crippen molar-refractivity contribution in [3.05, 3.63) is 35.4 Å². The van der Waals surface area contributed by atoms with E-state index < -0.39 is 10.0 Å². The molecule has 7 heteroatoms. The van der Waals surface area contributed by atoms with E-state index in [0.717, 1.165) is 10.9 Å². The van der Waals surface area contributed by atoms with Crippen LogP contribution in [0.3, 0.4) is 0 Å². The normalized spacial score (nSPS) is 11.3. The molecule has 0 saturated heterocycles. The van der Waals surface area contributed by atoms with Crippen molar-refractivity contribution in [3.8, 4) is 0 Å². The van der Waals surface area contributed by atoms with Gasteiger partial charge in [-0.25, -0.2) is 13.1 Å². The van der Waals surface area contributed by atoms with Crippen LogP contribution in [-0.2, 0) is 15.4 Å². The number of alkyl halides is 1. The van der Waals surface area contributed by atoms with Crippen molar-refractivity contribution in [1.29, 1.82) is 0 Å². The van der Waals surface area contributed by atoms with Gasteiger partial charge in [-0.05, 0) is 17.7 Å². The number of halogens is 1. The highest BCUT2D eigenvalue weighted by Crippen LogP contribution is 2.07. The van der Waals surface area contributed by atoms with Gasteiger partial charge in [-0.1, -0.05) is 35.0 Å². The summed E-state index contributed by atoms with van der Waals surface area (Å²) in [5.74, 6) is -0.390.